The largest absolute Gasteiger partial charge is 0.369 e. The van der Waals surface area contributed by atoms with Gasteiger partial charge in [0.15, 0.2) is 0 Å². The summed E-state index contributed by atoms with van der Waals surface area (Å²) in [6.45, 7) is 2.54. The number of hydrogen-bond donors (Lipinski definition) is 1. The molecule has 2 aliphatic heterocycles. The van der Waals surface area contributed by atoms with Crippen molar-refractivity contribution in [1.82, 2.24) is 19.4 Å². The van der Waals surface area contributed by atoms with E-state index in [2.05, 4.69) is 33.6 Å². The van der Waals surface area contributed by atoms with Crippen LogP contribution in [-0.4, -0.2) is 45.0 Å². The van der Waals surface area contributed by atoms with Gasteiger partial charge >= 0.3 is 0 Å². The van der Waals surface area contributed by atoms with Crippen LogP contribution < -0.4 is 5.32 Å². The molecule has 1 fully saturated rings. The molecule has 1 aromatic carbocycles. The maximum Gasteiger partial charge on any atom is 0.253 e. The number of amides is 1. The van der Waals surface area contributed by atoms with E-state index in [0.717, 1.165) is 66.9 Å². The first-order chi connectivity index (χ1) is 12.7. The van der Waals surface area contributed by atoms with Crippen molar-refractivity contribution in [2.75, 3.05) is 25.0 Å². The standard InChI is InChI=1S/C20H21N5O/c1-24-11-16-15-5-4-14(20(26)25-8-2-3-9-25)10-13(15)6-7-21-18-17(16)19(24)23-12-22-18/h4-5,10-12H,2-3,6-9H2,1H3,(H,21,22,23). The van der Waals surface area contributed by atoms with Crippen LogP contribution in [0.2, 0.25) is 0 Å². The summed E-state index contributed by atoms with van der Waals surface area (Å²) < 4.78 is 2.04. The van der Waals surface area contributed by atoms with Gasteiger partial charge in [0.05, 0.1) is 5.39 Å². The van der Waals surface area contributed by atoms with E-state index in [1.165, 1.54) is 11.1 Å². The highest BCUT2D eigenvalue weighted by atomic mass is 16.2. The predicted octanol–water partition coefficient (Wildman–Crippen LogP) is 2.84. The Balaban J connectivity index is 1.65. The van der Waals surface area contributed by atoms with E-state index in [4.69, 9.17) is 0 Å². The Morgan fingerprint density at radius 3 is 2.85 bits per heavy atom. The normalized spacial score (nSPS) is 16.1. The maximum atomic E-state index is 12.8. The molecule has 0 bridgehead atoms. The zero-order chi connectivity index (χ0) is 17.7. The second-order valence-corrected chi connectivity index (χ2v) is 7.12. The third-order valence-electron chi connectivity index (χ3n) is 5.48. The van der Waals surface area contributed by atoms with Crippen molar-refractivity contribution in [3.63, 3.8) is 0 Å². The first-order valence-corrected chi connectivity index (χ1v) is 9.19. The first kappa shape index (κ1) is 15.4. The van der Waals surface area contributed by atoms with Crippen molar-refractivity contribution in [3.8, 4) is 11.1 Å². The van der Waals surface area contributed by atoms with Crippen molar-refractivity contribution in [2.45, 2.75) is 19.3 Å². The number of rotatable bonds is 1. The molecule has 4 heterocycles. The molecule has 0 atom stereocenters. The van der Waals surface area contributed by atoms with E-state index in [1.807, 2.05) is 22.6 Å². The van der Waals surface area contributed by atoms with Crippen LogP contribution in [-0.2, 0) is 13.5 Å². The summed E-state index contributed by atoms with van der Waals surface area (Å²) in [6, 6.07) is 6.14. The van der Waals surface area contributed by atoms with Crippen molar-refractivity contribution in [2.24, 2.45) is 7.05 Å². The SMILES string of the molecule is Cn1cc2c3c(ncnc31)NCCc1cc(C(=O)N3CCCC3)ccc1-2. The van der Waals surface area contributed by atoms with E-state index in [9.17, 15) is 4.79 Å². The molecule has 0 unspecified atom stereocenters. The predicted molar refractivity (Wildman–Crippen MR) is 101 cm³/mol. The Morgan fingerprint density at radius 2 is 2.00 bits per heavy atom. The fourth-order valence-corrected chi connectivity index (χ4v) is 4.16. The van der Waals surface area contributed by atoms with Gasteiger partial charge in [-0.15, -0.1) is 0 Å². The molecular formula is C20H21N5O. The molecule has 0 aliphatic carbocycles. The Morgan fingerprint density at radius 1 is 1.15 bits per heavy atom. The molecule has 6 nitrogen and oxygen atoms in total. The lowest BCUT2D eigenvalue weighted by Gasteiger charge is -2.19. The van der Waals surface area contributed by atoms with Crippen molar-refractivity contribution in [3.05, 3.63) is 41.9 Å². The van der Waals surface area contributed by atoms with E-state index in [-0.39, 0.29) is 5.91 Å². The van der Waals surface area contributed by atoms with Crippen LogP contribution in [0, 0.1) is 0 Å². The summed E-state index contributed by atoms with van der Waals surface area (Å²) in [5, 5.41) is 4.48. The molecule has 26 heavy (non-hydrogen) atoms. The number of likely N-dealkylation sites (tertiary alicyclic amines) is 1. The molecular weight excluding hydrogens is 326 g/mol. The summed E-state index contributed by atoms with van der Waals surface area (Å²) >= 11 is 0. The van der Waals surface area contributed by atoms with E-state index in [1.54, 1.807) is 6.33 Å². The van der Waals surface area contributed by atoms with Gasteiger partial charge in [0.1, 0.15) is 17.8 Å². The summed E-state index contributed by atoms with van der Waals surface area (Å²) in [4.78, 5) is 23.6. The van der Waals surface area contributed by atoms with E-state index in [0.29, 0.717) is 0 Å². The highest BCUT2D eigenvalue weighted by Gasteiger charge is 2.23. The molecule has 2 aliphatic rings. The summed E-state index contributed by atoms with van der Waals surface area (Å²) in [6.07, 6.45) is 6.79. The van der Waals surface area contributed by atoms with Gasteiger partial charge in [-0.25, -0.2) is 9.97 Å². The maximum absolute atomic E-state index is 12.8. The molecule has 5 rings (SSSR count). The molecule has 0 spiro atoms. The molecule has 132 valence electrons. The number of hydrogen-bond acceptors (Lipinski definition) is 4. The molecule has 0 saturated carbocycles. The van der Waals surface area contributed by atoms with Crippen molar-refractivity contribution >= 4 is 22.8 Å². The Bertz CT molecular complexity index is 1020. The first-order valence-electron chi connectivity index (χ1n) is 9.19. The smallest absolute Gasteiger partial charge is 0.253 e. The number of carbonyl (C=O) groups is 1. The second kappa shape index (κ2) is 5.83. The minimum absolute atomic E-state index is 0.155. The van der Waals surface area contributed by atoms with E-state index >= 15 is 0 Å². The lowest BCUT2D eigenvalue weighted by molar-refractivity contribution is 0.0792. The fraction of sp³-hybridized carbons (Fsp3) is 0.350. The Labute approximate surface area is 151 Å². The number of anilines is 1. The number of nitrogens with zero attached hydrogens (tertiary/aromatic N) is 4. The van der Waals surface area contributed by atoms with Gasteiger partial charge in [-0.1, -0.05) is 6.07 Å². The number of benzene rings is 1. The average molecular weight is 347 g/mol. The fourth-order valence-electron chi connectivity index (χ4n) is 4.16. The number of carbonyl (C=O) groups excluding carboxylic acids is 1. The Hall–Kier alpha value is -2.89. The quantitative estimate of drug-likeness (QED) is 0.735. The van der Waals surface area contributed by atoms with Gasteiger partial charge in [-0.2, -0.15) is 0 Å². The third kappa shape index (κ3) is 2.29. The van der Waals surface area contributed by atoms with Crippen LogP contribution in [0.3, 0.4) is 0 Å². The molecule has 6 heteroatoms. The van der Waals surface area contributed by atoms with Gasteiger partial charge in [-0.05, 0) is 42.5 Å². The van der Waals surface area contributed by atoms with Crippen LogP contribution in [0.25, 0.3) is 22.2 Å². The van der Waals surface area contributed by atoms with Crippen LogP contribution in [0.4, 0.5) is 5.82 Å². The number of fused-ring (bicyclic) bond motifs is 2. The minimum Gasteiger partial charge on any atom is -0.369 e. The zero-order valence-electron chi connectivity index (χ0n) is 14.8. The van der Waals surface area contributed by atoms with Crippen molar-refractivity contribution < 1.29 is 4.79 Å². The Kier molecular flexibility index (Phi) is 3.45. The highest BCUT2D eigenvalue weighted by Crippen LogP contribution is 2.37. The van der Waals surface area contributed by atoms with Gasteiger partial charge in [0.2, 0.25) is 0 Å². The molecule has 2 aromatic heterocycles. The van der Waals surface area contributed by atoms with Crippen molar-refractivity contribution in [1.29, 1.82) is 0 Å². The number of nitrogens with one attached hydrogen (secondary N) is 1. The van der Waals surface area contributed by atoms with Gasteiger partial charge in [-0.3, -0.25) is 4.79 Å². The summed E-state index contributed by atoms with van der Waals surface area (Å²) in [5.74, 6) is 1.04. The van der Waals surface area contributed by atoms with Gasteiger partial charge in [0, 0.05) is 44.0 Å². The van der Waals surface area contributed by atoms with Crippen LogP contribution in [0.5, 0.6) is 0 Å². The van der Waals surface area contributed by atoms with Crippen LogP contribution in [0.1, 0.15) is 28.8 Å². The minimum atomic E-state index is 0.155. The highest BCUT2D eigenvalue weighted by molar-refractivity contribution is 6.03. The van der Waals surface area contributed by atoms with Gasteiger partial charge in [0.25, 0.3) is 5.91 Å². The molecule has 3 aromatic rings. The lowest BCUT2D eigenvalue weighted by Crippen LogP contribution is -2.27. The van der Waals surface area contributed by atoms with Gasteiger partial charge < -0.3 is 14.8 Å². The number of aryl methyl sites for hydroxylation is 1. The summed E-state index contributed by atoms with van der Waals surface area (Å²) in [5.41, 5.74) is 5.21. The average Bonchev–Trinajstić information content (AvgIpc) is 3.29. The van der Waals surface area contributed by atoms with Crippen LogP contribution in [0.15, 0.2) is 30.7 Å². The third-order valence-corrected chi connectivity index (χ3v) is 5.48. The lowest BCUT2D eigenvalue weighted by atomic mass is 9.94. The number of aromatic nitrogens is 3. The van der Waals surface area contributed by atoms with E-state index < -0.39 is 0 Å². The monoisotopic (exact) mass is 347 g/mol. The second-order valence-electron chi connectivity index (χ2n) is 7.12. The molecule has 1 amide bonds. The van der Waals surface area contributed by atoms with Crippen LogP contribution >= 0.6 is 0 Å². The molecule has 0 radical (unpaired) electrons. The molecule has 1 saturated heterocycles. The topological polar surface area (TPSA) is 63.1 Å². The zero-order valence-corrected chi connectivity index (χ0v) is 14.8. The summed E-state index contributed by atoms with van der Waals surface area (Å²) in [7, 11) is 2.01. The molecule has 1 N–H and O–H groups in total.